The van der Waals surface area contributed by atoms with Gasteiger partial charge in [0.2, 0.25) is 0 Å². The first-order valence-corrected chi connectivity index (χ1v) is 10.0. The summed E-state index contributed by atoms with van der Waals surface area (Å²) in [6.45, 7) is 4.49. The number of carbonyl (C=O) groups is 1. The quantitative estimate of drug-likeness (QED) is 0.590. The predicted octanol–water partition coefficient (Wildman–Crippen LogP) is 4.01. The van der Waals surface area contributed by atoms with Crippen LogP contribution >= 0.6 is 0 Å². The Kier molecular flexibility index (Phi) is 6.97. The number of hydrogen-bond donors (Lipinski definition) is 1. The van der Waals surface area contributed by atoms with Crippen LogP contribution in [0, 0.1) is 13.8 Å². The van der Waals surface area contributed by atoms with E-state index in [4.69, 9.17) is 14.0 Å². The highest BCUT2D eigenvalue weighted by Gasteiger charge is 2.20. The fourth-order valence-electron chi connectivity index (χ4n) is 3.35. The van der Waals surface area contributed by atoms with E-state index in [0.717, 1.165) is 16.7 Å². The van der Waals surface area contributed by atoms with Crippen LogP contribution < -0.4 is 14.8 Å². The Labute approximate surface area is 182 Å². The normalized spacial score (nSPS) is 12.0. The van der Waals surface area contributed by atoms with Crippen LogP contribution in [-0.4, -0.2) is 50.8 Å². The minimum absolute atomic E-state index is 0.0603. The van der Waals surface area contributed by atoms with Crippen molar-refractivity contribution in [3.8, 4) is 22.8 Å². The zero-order valence-electron chi connectivity index (χ0n) is 18.9. The van der Waals surface area contributed by atoms with Crippen molar-refractivity contribution in [1.82, 2.24) is 15.4 Å². The predicted molar refractivity (Wildman–Crippen MR) is 120 cm³/mol. The molecule has 1 heterocycles. The SMILES string of the molecule is COc1ccc([C@H](CNC(=O)c2cc(-c3ccc(C)c(C)c3)on2)N(C)C)cc1OC. The molecule has 0 radical (unpaired) electrons. The molecule has 1 aromatic heterocycles. The fourth-order valence-corrected chi connectivity index (χ4v) is 3.35. The van der Waals surface area contributed by atoms with Gasteiger partial charge in [-0.05, 0) is 62.8 Å². The van der Waals surface area contributed by atoms with Gasteiger partial charge in [-0.2, -0.15) is 0 Å². The number of hydrogen-bond acceptors (Lipinski definition) is 6. The van der Waals surface area contributed by atoms with E-state index in [1.807, 2.05) is 62.3 Å². The summed E-state index contributed by atoms with van der Waals surface area (Å²) in [6, 6.07) is 13.4. The van der Waals surface area contributed by atoms with Gasteiger partial charge in [0.1, 0.15) is 0 Å². The van der Waals surface area contributed by atoms with E-state index in [-0.39, 0.29) is 17.6 Å². The Balaban J connectivity index is 1.72. The number of nitrogens with one attached hydrogen (secondary N) is 1. The molecule has 2 aromatic carbocycles. The standard InChI is InChI=1S/C24H29N3O4/c1-15-7-8-18(11-16(15)2)22-13-19(26-31-22)24(28)25-14-20(27(3)4)17-9-10-21(29-5)23(12-17)30-6/h7-13,20H,14H2,1-6H3,(H,25,28)/t20-/m0/s1. The van der Waals surface area contributed by atoms with E-state index in [1.165, 1.54) is 5.56 Å². The number of benzene rings is 2. The molecule has 31 heavy (non-hydrogen) atoms. The van der Waals surface area contributed by atoms with Gasteiger partial charge in [0.25, 0.3) is 5.91 Å². The Morgan fingerprint density at radius 2 is 1.77 bits per heavy atom. The van der Waals surface area contributed by atoms with Crippen LogP contribution in [0.5, 0.6) is 11.5 Å². The van der Waals surface area contributed by atoms with Crippen molar-refractivity contribution in [3.05, 3.63) is 64.8 Å². The second-order valence-corrected chi connectivity index (χ2v) is 7.68. The summed E-state index contributed by atoms with van der Waals surface area (Å²) in [5.74, 6) is 1.59. The minimum Gasteiger partial charge on any atom is -0.493 e. The fraction of sp³-hybridized carbons (Fsp3) is 0.333. The minimum atomic E-state index is -0.286. The van der Waals surface area contributed by atoms with Crippen LogP contribution in [-0.2, 0) is 0 Å². The molecule has 0 bridgehead atoms. The summed E-state index contributed by atoms with van der Waals surface area (Å²) in [7, 11) is 7.12. The number of rotatable bonds is 8. The molecule has 0 aliphatic rings. The molecular weight excluding hydrogens is 394 g/mol. The van der Waals surface area contributed by atoms with Crippen LogP contribution in [0.1, 0.15) is 33.2 Å². The van der Waals surface area contributed by atoms with Crippen molar-refractivity contribution < 1.29 is 18.8 Å². The Hall–Kier alpha value is -3.32. The zero-order valence-corrected chi connectivity index (χ0v) is 18.9. The molecule has 164 valence electrons. The largest absolute Gasteiger partial charge is 0.493 e. The summed E-state index contributed by atoms with van der Waals surface area (Å²) in [5.41, 5.74) is 4.50. The molecule has 7 nitrogen and oxygen atoms in total. The average Bonchev–Trinajstić information content (AvgIpc) is 3.25. The van der Waals surface area contributed by atoms with Gasteiger partial charge < -0.3 is 24.2 Å². The van der Waals surface area contributed by atoms with Gasteiger partial charge in [0.15, 0.2) is 23.0 Å². The molecular formula is C24H29N3O4. The van der Waals surface area contributed by atoms with Crippen molar-refractivity contribution in [1.29, 1.82) is 0 Å². The summed E-state index contributed by atoms with van der Waals surface area (Å²) in [4.78, 5) is 14.7. The van der Waals surface area contributed by atoms with Gasteiger partial charge in [-0.1, -0.05) is 23.4 Å². The Bertz CT molecular complexity index is 1060. The van der Waals surface area contributed by atoms with Gasteiger partial charge in [-0.3, -0.25) is 4.79 Å². The molecule has 0 aliphatic carbocycles. The third-order valence-electron chi connectivity index (χ3n) is 5.41. The summed E-state index contributed by atoms with van der Waals surface area (Å²) < 4.78 is 16.1. The van der Waals surface area contributed by atoms with E-state index >= 15 is 0 Å². The molecule has 0 aliphatic heterocycles. The van der Waals surface area contributed by atoms with E-state index in [1.54, 1.807) is 20.3 Å². The first-order chi connectivity index (χ1) is 14.8. The molecule has 0 fully saturated rings. The van der Waals surface area contributed by atoms with Gasteiger partial charge in [0.05, 0.1) is 20.3 Å². The summed E-state index contributed by atoms with van der Waals surface area (Å²) >= 11 is 0. The molecule has 0 saturated carbocycles. The summed E-state index contributed by atoms with van der Waals surface area (Å²) in [6.07, 6.45) is 0. The van der Waals surface area contributed by atoms with Crippen LogP contribution in [0.25, 0.3) is 11.3 Å². The highest BCUT2D eigenvalue weighted by atomic mass is 16.5. The lowest BCUT2D eigenvalue weighted by Crippen LogP contribution is -2.34. The number of amides is 1. The van der Waals surface area contributed by atoms with Crippen molar-refractivity contribution in [2.24, 2.45) is 0 Å². The van der Waals surface area contributed by atoms with Crippen LogP contribution in [0.2, 0.25) is 0 Å². The first-order valence-electron chi connectivity index (χ1n) is 10.0. The first kappa shape index (κ1) is 22.4. The van der Waals surface area contributed by atoms with Crippen molar-refractivity contribution in [2.75, 3.05) is 34.9 Å². The average molecular weight is 424 g/mol. The lowest BCUT2D eigenvalue weighted by molar-refractivity contribution is 0.0933. The zero-order chi connectivity index (χ0) is 22.5. The number of likely N-dealkylation sites (N-methyl/N-ethyl adjacent to an activating group) is 1. The topological polar surface area (TPSA) is 76.8 Å². The maximum Gasteiger partial charge on any atom is 0.273 e. The number of aromatic nitrogens is 1. The molecule has 1 N–H and O–H groups in total. The molecule has 0 spiro atoms. The number of methoxy groups -OCH3 is 2. The highest BCUT2D eigenvalue weighted by molar-refractivity contribution is 5.93. The van der Waals surface area contributed by atoms with Gasteiger partial charge in [-0.25, -0.2) is 0 Å². The second-order valence-electron chi connectivity index (χ2n) is 7.68. The number of nitrogens with zero attached hydrogens (tertiary/aromatic N) is 2. The molecule has 0 saturated heterocycles. The monoisotopic (exact) mass is 423 g/mol. The molecule has 7 heteroatoms. The molecule has 1 amide bonds. The maximum atomic E-state index is 12.7. The van der Waals surface area contributed by atoms with E-state index in [9.17, 15) is 4.79 Å². The van der Waals surface area contributed by atoms with Crippen LogP contribution in [0.4, 0.5) is 0 Å². The van der Waals surface area contributed by atoms with Crippen molar-refractivity contribution >= 4 is 5.91 Å². The number of ether oxygens (including phenoxy) is 2. The molecule has 1 atom stereocenters. The van der Waals surface area contributed by atoms with Crippen LogP contribution in [0.3, 0.4) is 0 Å². The smallest absolute Gasteiger partial charge is 0.273 e. The summed E-state index contributed by atoms with van der Waals surface area (Å²) in [5, 5.41) is 6.91. The van der Waals surface area contributed by atoms with E-state index in [2.05, 4.69) is 17.4 Å². The third kappa shape index (κ3) is 5.06. The third-order valence-corrected chi connectivity index (χ3v) is 5.41. The van der Waals surface area contributed by atoms with Gasteiger partial charge >= 0.3 is 0 Å². The number of carbonyl (C=O) groups excluding carboxylic acids is 1. The second kappa shape index (κ2) is 9.66. The lowest BCUT2D eigenvalue weighted by Gasteiger charge is -2.25. The van der Waals surface area contributed by atoms with Crippen LogP contribution in [0.15, 0.2) is 47.0 Å². The lowest BCUT2D eigenvalue weighted by atomic mass is 10.0. The maximum absolute atomic E-state index is 12.7. The van der Waals surface area contributed by atoms with E-state index in [0.29, 0.717) is 23.8 Å². The molecule has 0 unspecified atom stereocenters. The number of aryl methyl sites for hydroxylation is 2. The Morgan fingerprint density at radius 1 is 1.03 bits per heavy atom. The van der Waals surface area contributed by atoms with Gasteiger partial charge in [-0.15, -0.1) is 0 Å². The molecule has 3 aromatic rings. The van der Waals surface area contributed by atoms with Crippen molar-refractivity contribution in [3.63, 3.8) is 0 Å². The Morgan fingerprint density at radius 3 is 2.42 bits per heavy atom. The van der Waals surface area contributed by atoms with Crippen molar-refractivity contribution in [2.45, 2.75) is 19.9 Å². The van der Waals surface area contributed by atoms with Gasteiger partial charge in [0, 0.05) is 18.2 Å². The highest BCUT2D eigenvalue weighted by Crippen LogP contribution is 2.31. The molecule has 3 rings (SSSR count). The van der Waals surface area contributed by atoms with E-state index < -0.39 is 0 Å².